The molecule has 0 radical (unpaired) electrons. The molecular weight excluding hydrogens is 268 g/mol. The molecule has 0 bridgehead atoms. The van der Waals surface area contributed by atoms with Gasteiger partial charge in [-0.1, -0.05) is 0 Å². The fraction of sp³-hybridized carbons (Fsp3) is 0.300. The number of aromatic amines is 1. The number of nitrogens with zero attached hydrogens (tertiary/aromatic N) is 3. The molecule has 0 aliphatic rings. The van der Waals surface area contributed by atoms with Gasteiger partial charge in [-0.2, -0.15) is 0 Å². The molecule has 10 heteroatoms. The number of amides is 2. The van der Waals surface area contributed by atoms with Crippen LogP contribution in [0, 0.1) is 0 Å². The van der Waals surface area contributed by atoms with Crippen molar-refractivity contribution in [3.63, 3.8) is 0 Å². The number of nitrogens with one attached hydrogen (secondary N) is 3. The highest BCUT2D eigenvalue weighted by Crippen LogP contribution is 2.13. The van der Waals surface area contributed by atoms with Crippen LogP contribution in [0.4, 0.5) is 10.6 Å². The van der Waals surface area contributed by atoms with Crippen molar-refractivity contribution in [2.24, 2.45) is 0 Å². The molecule has 10 nitrogen and oxygen atoms in total. The van der Waals surface area contributed by atoms with Crippen LogP contribution in [-0.4, -0.2) is 54.3 Å². The van der Waals surface area contributed by atoms with Crippen LogP contribution in [0.1, 0.15) is 6.92 Å². The first-order valence-corrected chi connectivity index (χ1v) is 5.61. The van der Waals surface area contributed by atoms with Gasteiger partial charge in [0.1, 0.15) is 11.8 Å². The summed E-state index contributed by atoms with van der Waals surface area (Å²) in [5.41, 5.74) is 0.771. The molecule has 2 amide bonds. The SMILES string of the molecule is C[C@H](O)[C@H](NC(=O)Nc1ncnc2nc[nH]c12)C(=O)O. The average molecular weight is 280 g/mol. The molecule has 0 aliphatic carbocycles. The number of aliphatic hydroxyl groups is 1. The van der Waals surface area contributed by atoms with Gasteiger partial charge in [-0.05, 0) is 6.92 Å². The first kappa shape index (κ1) is 13.7. The van der Waals surface area contributed by atoms with Crippen molar-refractivity contribution >= 4 is 29.0 Å². The van der Waals surface area contributed by atoms with Crippen molar-refractivity contribution in [2.75, 3.05) is 5.32 Å². The van der Waals surface area contributed by atoms with Gasteiger partial charge in [0, 0.05) is 0 Å². The van der Waals surface area contributed by atoms with Crippen LogP contribution in [0.2, 0.25) is 0 Å². The van der Waals surface area contributed by atoms with Gasteiger partial charge in [0.05, 0.1) is 12.4 Å². The van der Waals surface area contributed by atoms with Gasteiger partial charge in [0.2, 0.25) is 0 Å². The number of anilines is 1. The lowest BCUT2D eigenvalue weighted by atomic mass is 10.2. The van der Waals surface area contributed by atoms with Crippen LogP contribution in [0.5, 0.6) is 0 Å². The average Bonchev–Trinajstić information content (AvgIpc) is 2.84. The smallest absolute Gasteiger partial charge is 0.328 e. The molecule has 2 heterocycles. The molecule has 2 rings (SSSR count). The van der Waals surface area contributed by atoms with Crippen LogP contribution < -0.4 is 10.6 Å². The van der Waals surface area contributed by atoms with E-state index >= 15 is 0 Å². The number of aromatic nitrogens is 4. The summed E-state index contributed by atoms with van der Waals surface area (Å²) in [4.78, 5) is 36.9. The van der Waals surface area contributed by atoms with Crippen LogP contribution >= 0.6 is 0 Å². The Hall–Kier alpha value is -2.75. The summed E-state index contributed by atoms with van der Waals surface area (Å²) < 4.78 is 0. The number of hydrogen-bond acceptors (Lipinski definition) is 6. The molecular formula is C10H12N6O4. The Bertz CT molecular complexity index is 639. The second kappa shape index (κ2) is 5.48. The Morgan fingerprint density at radius 1 is 1.35 bits per heavy atom. The maximum Gasteiger partial charge on any atom is 0.328 e. The molecule has 0 aliphatic heterocycles. The largest absolute Gasteiger partial charge is 0.480 e. The number of hydrogen-bond donors (Lipinski definition) is 5. The van der Waals surface area contributed by atoms with E-state index in [1.54, 1.807) is 0 Å². The van der Waals surface area contributed by atoms with Crippen molar-refractivity contribution < 1.29 is 19.8 Å². The standard InChI is InChI=1S/C10H12N6O4/c1-4(17)5(9(18)19)15-10(20)16-8-6-7(12-2-11-6)13-3-14-8/h2-5,17H,1H3,(H,18,19)(H3,11,12,13,14,15,16,20)/t4-,5-/m0/s1. The Morgan fingerprint density at radius 3 is 2.75 bits per heavy atom. The van der Waals surface area contributed by atoms with E-state index in [1.807, 2.05) is 0 Å². The van der Waals surface area contributed by atoms with E-state index in [0.717, 1.165) is 0 Å². The van der Waals surface area contributed by atoms with Gasteiger partial charge >= 0.3 is 12.0 Å². The van der Waals surface area contributed by atoms with Gasteiger partial charge in [0.25, 0.3) is 0 Å². The second-order valence-corrected chi connectivity index (χ2v) is 3.98. The van der Waals surface area contributed by atoms with Gasteiger partial charge in [-0.3, -0.25) is 5.32 Å². The maximum atomic E-state index is 11.7. The molecule has 0 spiro atoms. The number of urea groups is 1. The van der Waals surface area contributed by atoms with E-state index in [9.17, 15) is 14.7 Å². The van der Waals surface area contributed by atoms with E-state index in [4.69, 9.17) is 5.11 Å². The summed E-state index contributed by atoms with van der Waals surface area (Å²) in [5, 5.41) is 22.6. The van der Waals surface area contributed by atoms with Crippen molar-refractivity contribution in [2.45, 2.75) is 19.1 Å². The fourth-order valence-electron chi connectivity index (χ4n) is 1.53. The van der Waals surface area contributed by atoms with Gasteiger partial charge < -0.3 is 20.5 Å². The summed E-state index contributed by atoms with van der Waals surface area (Å²) >= 11 is 0. The third-order valence-corrected chi connectivity index (χ3v) is 2.49. The third-order valence-electron chi connectivity index (χ3n) is 2.49. The number of imidazole rings is 1. The molecule has 0 aromatic carbocycles. The zero-order chi connectivity index (χ0) is 14.7. The van der Waals surface area contributed by atoms with E-state index in [1.165, 1.54) is 19.6 Å². The van der Waals surface area contributed by atoms with Gasteiger partial charge in [0.15, 0.2) is 17.5 Å². The number of H-pyrrole nitrogens is 1. The highest BCUT2D eigenvalue weighted by molar-refractivity contribution is 5.97. The first-order valence-electron chi connectivity index (χ1n) is 5.61. The van der Waals surface area contributed by atoms with E-state index in [0.29, 0.717) is 11.2 Å². The fourth-order valence-corrected chi connectivity index (χ4v) is 1.53. The zero-order valence-electron chi connectivity index (χ0n) is 10.4. The van der Waals surface area contributed by atoms with Crippen LogP contribution in [0.25, 0.3) is 11.2 Å². The number of carbonyl (C=O) groups is 2. The lowest BCUT2D eigenvalue weighted by Crippen LogP contribution is -2.49. The van der Waals surface area contributed by atoms with Gasteiger partial charge in [-0.25, -0.2) is 24.5 Å². The molecule has 0 fully saturated rings. The number of rotatable bonds is 4. The lowest BCUT2D eigenvalue weighted by molar-refractivity contribution is -0.141. The van der Waals surface area contributed by atoms with Crippen molar-refractivity contribution in [3.05, 3.63) is 12.7 Å². The molecule has 20 heavy (non-hydrogen) atoms. The monoisotopic (exact) mass is 280 g/mol. The van der Waals surface area contributed by atoms with Crippen LogP contribution in [-0.2, 0) is 4.79 Å². The quantitative estimate of drug-likeness (QED) is 0.496. The zero-order valence-corrected chi connectivity index (χ0v) is 10.4. The third kappa shape index (κ3) is 2.80. The summed E-state index contributed by atoms with van der Waals surface area (Å²) in [6.45, 7) is 1.26. The second-order valence-electron chi connectivity index (χ2n) is 3.98. The number of aliphatic hydroxyl groups excluding tert-OH is 1. The predicted molar refractivity (Wildman–Crippen MR) is 66.9 cm³/mol. The van der Waals surface area contributed by atoms with Crippen molar-refractivity contribution in [3.8, 4) is 0 Å². The number of aliphatic carboxylic acids is 1. The van der Waals surface area contributed by atoms with Crippen LogP contribution in [0.3, 0.4) is 0 Å². The summed E-state index contributed by atoms with van der Waals surface area (Å²) in [6.07, 6.45) is 1.36. The Balaban J connectivity index is 2.12. The molecule has 0 saturated carbocycles. The number of carboxylic acids is 1. The van der Waals surface area contributed by atoms with E-state index in [2.05, 4.69) is 30.6 Å². The normalized spacial score (nSPS) is 13.7. The summed E-state index contributed by atoms with van der Waals surface area (Å²) in [6, 6.07) is -2.23. The Morgan fingerprint density at radius 2 is 2.10 bits per heavy atom. The van der Waals surface area contributed by atoms with Crippen molar-refractivity contribution in [1.82, 2.24) is 25.3 Å². The predicted octanol–water partition coefficient (Wildman–Crippen LogP) is -0.692. The first-order chi connectivity index (χ1) is 9.49. The highest BCUT2D eigenvalue weighted by Gasteiger charge is 2.25. The maximum absolute atomic E-state index is 11.7. The minimum atomic E-state index is -1.42. The summed E-state index contributed by atoms with van der Waals surface area (Å²) in [5.74, 6) is -1.19. The van der Waals surface area contributed by atoms with Gasteiger partial charge in [-0.15, -0.1) is 0 Å². The molecule has 2 aromatic heterocycles. The molecule has 0 unspecified atom stereocenters. The van der Waals surface area contributed by atoms with Crippen molar-refractivity contribution in [1.29, 1.82) is 0 Å². The minimum Gasteiger partial charge on any atom is -0.480 e. The number of carboxylic acid groups (broad SMARTS) is 1. The molecule has 2 aromatic rings. The molecule has 106 valence electrons. The van der Waals surface area contributed by atoms with Crippen LogP contribution in [0.15, 0.2) is 12.7 Å². The molecule has 5 N–H and O–H groups in total. The number of carbonyl (C=O) groups excluding carboxylic acids is 1. The Labute approximate surface area is 112 Å². The van der Waals surface area contributed by atoms with E-state index < -0.39 is 24.1 Å². The highest BCUT2D eigenvalue weighted by atomic mass is 16.4. The van der Waals surface area contributed by atoms with E-state index in [-0.39, 0.29) is 5.82 Å². The lowest BCUT2D eigenvalue weighted by Gasteiger charge is -2.17. The summed E-state index contributed by atoms with van der Waals surface area (Å²) in [7, 11) is 0. The Kier molecular flexibility index (Phi) is 3.75. The molecule has 2 atom stereocenters. The number of fused-ring (bicyclic) bond motifs is 1. The topological polar surface area (TPSA) is 153 Å². The minimum absolute atomic E-state index is 0.153. The molecule has 0 saturated heterocycles.